The van der Waals surface area contributed by atoms with Gasteiger partial charge in [0.1, 0.15) is 12.2 Å². The van der Waals surface area contributed by atoms with Crippen molar-refractivity contribution in [2.75, 3.05) is 26.2 Å². The number of hydrogen-bond donors (Lipinski definition) is 1. The molecule has 0 saturated carbocycles. The molecule has 0 aromatic carbocycles. The Morgan fingerprint density at radius 3 is 1.30 bits per heavy atom. The molecule has 2 unspecified atom stereocenters. The summed E-state index contributed by atoms with van der Waals surface area (Å²) in [4.78, 5) is 27.5. The summed E-state index contributed by atoms with van der Waals surface area (Å²) in [6.45, 7) is 11.5. The number of aliphatic hydroxyl groups is 1. The molecule has 0 rings (SSSR count). The molecule has 46 heavy (non-hydrogen) atoms. The van der Waals surface area contributed by atoms with Crippen molar-refractivity contribution in [2.24, 2.45) is 0 Å². The summed E-state index contributed by atoms with van der Waals surface area (Å²) in [7, 11) is 0. The van der Waals surface area contributed by atoms with E-state index in [1.54, 1.807) is 0 Å². The summed E-state index contributed by atoms with van der Waals surface area (Å²) in [6, 6.07) is 0. The van der Waals surface area contributed by atoms with Crippen LogP contribution in [0, 0.1) is 0 Å². The van der Waals surface area contributed by atoms with Gasteiger partial charge < -0.3 is 19.5 Å². The van der Waals surface area contributed by atoms with E-state index in [0.717, 1.165) is 103 Å². The van der Waals surface area contributed by atoms with Crippen LogP contribution < -0.4 is 0 Å². The molecule has 0 radical (unpaired) electrons. The second kappa shape index (κ2) is 35.2. The van der Waals surface area contributed by atoms with Gasteiger partial charge in [-0.2, -0.15) is 0 Å². The summed E-state index contributed by atoms with van der Waals surface area (Å²) in [5, 5.41) is 9.56. The van der Waals surface area contributed by atoms with Crippen LogP contribution in [0.5, 0.6) is 0 Å². The maximum atomic E-state index is 12.7. The zero-order valence-electron chi connectivity index (χ0n) is 31.3. The Morgan fingerprint density at radius 1 is 0.457 bits per heavy atom. The molecular weight excluding hydrogens is 574 g/mol. The average molecular weight is 654 g/mol. The fourth-order valence-electron chi connectivity index (χ4n) is 6.27. The van der Waals surface area contributed by atoms with Crippen LogP contribution in [0.4, 0.5) is 0 Å². The molecule has 0 aliphatic carbocycles. The number of carbonyl (C=O) groups is 2. The minimum absolute atomic E-state index is 0.0144. The normalized spacial score (nSPS) is 12.8. The summed E-state index contributed by atoms with van der Waals surface area (Å²) in [6.07, 6.45) is 30.7. The highest BCUT2D eigenvalue weighted by atomic mass is 16.5. The first-order valence-electron chi connectivity index (χ1n) is 20.2. The Bertz CT molecular complexity index is 658. The molecule has 0 aromatic rings. The highest BCUT2D eigenvalue weighted by Gasteiger charge is 2.16. The van der Waals surface area contributed by atoms with Gasteiger partial charge in [0.2, 0.25) is 0 Å². The highest BCUT2D eigenvalue weighted by Crippen LogP contribution is 2.18. The van der Waals surface area contributed by atoms with Crippen molar-refractivity contribution >= 4 is 11.9 Å². The summed E-state index contributed by atoms with van der Waals surface area (Å²) >= 11 is 0. The molecule has 2 atom stereocenters. The molecule has 0 aliphatic heterocycles. The lowest BCUT2D eigenvalue weighted by molar-refractivity contribution is -0.151. The Balaban J connectivity index is 4.25. The van der Waals surface area contributed by atoms with E-state index in [0.29, 0.717) is 19.4 Å². The molecule has 0 fully saturated rings. The van der Waals surface area contributed by atoms with Crippen molar-refractivity contribution in [1.82, 2.24) is 4.90 Å². The molecule has 0 aliphatic rings. The molecule has 0 spiro atoms. The molecule has 6 nitrogen and oxygen atoms in total. The standard InChI is InChI=1S/C40H79NO5/c1-5-9-13-17-23-30-38(29-22-15-11-7-3)46-40(44)32-26-34-41(35-36-42)33-25-19-16-18-24-31-39(43)45-37(27-20-12-8-4)28-21-14-10-6-2/h37-38,42H,5-36H2,1-4H3. The van der Waals surface area contributed by atoms with Crippen LogP contribution in [0.15, 0.2) is 0 Å². The average Bonchev–Trinajstić information content (AvgIpc) is 3.04. The largest absolute Gasteiger partial charge is 0.462 e. The van der Waals surface area contributed by atoms with Crippen molar-refractivity contribution < 1.29 is 24.2 Å². The maximum Gasteiger partial charge on any atom is 0.306 e. The van der Waals surface area contributed by atoms with Gasteiger partial charge in [-0.15, -0.1) is 0 Å². The number of hydrogen-bond acceptors (Lipinski definition) is 6. The van der Waals surface area contributed by atoms with E-state index < -0.39 is 0 Å². The Labute approximate surface area is 286 Å². The lowest BCUT2D eigenvalue weighted by atomic mass is 10.0. The molecule has 0 amide bonds. The van der Waals surface area contributed by atoms with Crippen molar-refractivity contribution in [3.8, 4) is 0 Å². The topological polar surface area (TPSA) is 76.1 Å². The fraction of sp³-hybridized carbons (Fsp3) is 0.950. The van der Waals surface area contributed by atoms with E-state index in [-0.39, 0.29) is 30.8 Å². The number of rotatable bonds is 36. The predicted molar refractivity (Wildman–Crippen MR) is 195 cm³/mol. The number of aliphatic hydroxyl groups excluding tert-OH is 1. The van der Waals surface area contributed by atoms with Crippen LogP contribution in [-0.2, 0) is 19.1 Å². The maximum absolute atomic E-state index is 12.7. The smallest absolute Gasteiger partial charge is 0.306 e. The molecule has 0 heterocycles. The van der Waals surface area contributed by atoms with Gasteiger partial charge in [-0.25, -0.2) is 0 Å². The van der Waals surface area contributed by atoms with E-state index in [9.17, 15) is 14.7 Å². The van der Waals surface area contributed by atoms with Gasteiger partial charge in [-0.1, -0.05) is 124 Å². The van der Waals surface area contributed by atoms with Crippen LogP contribution in [-0.4, -0.2) is 60.4 Å². The van der Waals surface area contributed by atoms with Gasteiger partial charge in [-0.05, 0) is 83.7 Å². The predicted octanol–water partition coefficient (Wildman–Crippen LogP) is 11.1. The molecule has 0 aromatic heterocycles. The van der Waals surface area contributed by atoms with E-state index in [4.69, 9.17) is 9.47 Å². The molecule has 6 heteroatoms. The second-order valence-corrected chi connectivity index (χ2v) is 13.8. The Kier molecular flexibility index (Phi) is 34.3. The van der Waals surface area contributed by atoms with Crippen LogP contribution in [0.25, 0.3) is 0 Å². The quantitative estimate of drug-likeness (QED) is 0.0535. The van der Waals surface area contributed by atoms with Gasteiger partial charge in [0.15, 0.2) is 0 Å². The van der Waals surface area contributed by atoms with Crippen molar-refractivity contribution in [2.45, 2.75) is 220 Å². The van der Waals surface area contributed by atoms with E-state index in [1.807, 2.05) is 0 Å². The van der Waals surface area contributed by atoms with Gasteiger partial charge in [0.25, 0.3) is 0 Å². The van der Waals surface area contributed by atoms with Crippen LogP contribution >= 0.6 is 0 Å². The number of nitrogens with zero attached hydrogens (tertiary/aromatic N) is 1. The third-order valence-electron chi connectivity index (χ3n) is 9.24. The molecular formula is C40H79NO5. The lowest BCUT2D eigenvalue weighted by Crippen LogP contribution is -2.29. The number of ether oxygens (including phenoxy) is 2. The van der Waals surface area contributed by atoms with E-state index in [1.165, 1.54) is 77.0 Å². The first kappa shape index (κ1) is 44.9. The minimum atomic E-state index is -0.0553. The van der Waals surface area contributed by atoms with Gasteiger partial charge >= 0.3 is 11.9 Å². The first-order chi connectivity index (χ1) is 22.5. The highest BCUT2D eigenvalue weighted by molar-refractivity contribution is 5.69. The number of esters is 2. The monoisotopic (exact) mass is 654 g/mol. The van der Waals surface area contributed by atoms with Gasteiger partial charge in [0, 0.05) is 19.4 Å². The lowest BCUT2D eigenvalue weighted by Gasteiger charge is -2.22. The second-order valence-electron chi connectivity index (χ2n) is 13.8. The van der Waals surface area contributed by atoms with Crippen molar-refractivity contribution in [1.29, 1.82) is 0 Å². The van der Waals surface area contributed by atoms with Gasteiger partial charge in [-0.3, -0.25) is 9.59 Å². The SMILES string of the molecule is CCCCCCCC(CCCCCC)OC(=O)CCCN(CCO)CCCCCCCC(=O)OC(CCCCC)CCCCCC. The number of carbonyl (C=O) groups excluding carboxylic acids is 2. The van der Waals surface area contributed by atoms with Gasteiger partial charge in [0.05, 0.1) is 6.61 Å². The summed E-state index contributed by atoms with van der Waals surface area (Å²) < 4.78 is 11.9. The van der Waals surface area contributed by atoms with E-state index in [2.05, 4.69) is 32.6 Å². The fourth-order valence-corrected chi connectivity index (χ4v) is 6.27. The van der Waals surface area contributed by atoms with Crippen molar-refractivity contribution in [3.63, 3.8) is 0 Å². The van der Waals surface area contributed by atoms with Crippen LogP contribution in [0.2, 0.25) is 0 Å². The summed E-state index contributed by atoms with van der Waals surface area (Å²) in [5.41, 5.74) is 0. The third-order valence-corrected chi connectivity index (χ3v) is 9.24. The molecule has 0 bridgehead atoms. The van der Waals surface area contributed by atoms with Crippen LogP contribution in [0.3, 0.4) is 0 Å². The Morgan fingerprint density at radius 2 is 0.804 bits per heavy atom. The molecule has 1 N–H and O–H groups in total. The Hall–Kier alpha value is -1.14. The third kappa shape index (κ3) is 30.2. The zero-order chi connectivity index (χ0) is 33.9. The van der Waals surface area contributed by atoms with E-state index >= 15 is 0 Å². The number of unbranched alkanes of at least 4 members (excludes halogenated alkanes) is 16. The minimum Gasteiger partial charge on any atom is -0.462 e. The van der Waals surface area contributed by atoms with Crippen molar-refractivity contribution in [3.05, 3.63) is 0 Å². The zero-order valence-corrected chi connectivity index (χ0v) is 31.3. The van der Waals surface area contributed by atoms with Crippen LogP contribution in [0.1, 0.15) is 207 Å². The first-order valence-corrected chi connectivity index (χ1v) is 20.2. The molecule has 0 saturated heterocycles. The summed E-state index contributed by atoms with van der Waals surface area (Å²) in [5.74, 6) is -0.0697. The molecule has 274 valence electrons.